The van der Waals surface area contributed by atoms with E-state index in [0.29, 0.717) is 23.8 Å². The van der Waals surface area contributed by atoms with Crippen molar-refractivity contribution in [3.63, 3.8) is 0 Å². The van der Waals surface area contributed by atoms with Gasteiger partial charge in [-0.25, -0.2) is 4.98 Å². The van der Waals surface area contributed by atoms with Crippen LogP contribution in [-0.4, -0.2) is 74.0 Å². The van der Waals surface area contributed by atoms with Crippen molar-refractivity contribution in [2.75, 3.05) is 25.0 Å². The van der Waals surface area contributed by atoms with Crippen molar-refractivity contribution in [2.45, 2.75) is 88.1 Å². The lowest BCUT2D eigenvalue weighted by atomic mass is 9.77. The largest absolute Gasteiger partial charge is 0.385 e. The van der Waals surface area contributed by atoms with Crippen LogP contribution in [0.3, 0.4) is 0 Å². The molecule has 9 rings (SSSR count). The second kappa shape index (κ2) is 13.0. The number of anilines is 1. The SMILES string of the molecule is O=C1CCC(N2C(=O)c3ccc(NCCCC4CC(n5cc(-c6cnc7ccc(C8CCNCC8)cc7n6)c(C6CC6)n5)C4)cc3C2=O)C(=O)N1. The maximum atomic E-state index is 13.2. The average molecular weight is 687 g/mol. The predicted molar refractivity (Wildman–Crippen MR) is 190 cm³/mol. The molecule has 2 aromatic carbocycles. The Bertz CT molecular complexity index is 2060. The average Bonchev–Trinajstić information content (AvgIpc) is 3.84. The number of hydrogen-bond donors (Lipinski definition) is 3. The van der Waals surface area contributed by atoms with Crippen LogP contribution in [0.25, 0.3) is 22.3 Å². The van der Waals surface area contributed by atoms with E-state index in [4.69, 9.17) is 15.1 Å². The highest BCUT2D eigenvalue weighted by Gasteiger charge is 2.44. The molecule has 1 atom stereocenters. The van der Waals surface area contributed by atoms with Gasteiger partial charge in [-0.3, -0.25) is 39.1 Å². The molecule has 12 heteroatoms. The van der Waals surface area contributed by atoms with E-state index in [2.05, 4.69) is 45.0 Å². The van der Waals surface area contributed by atoms with Crippen LogP contribution in [0.15, 0.2) is 48.8 Å². The van der Waals surface area contributed by atoms with E-state index in [1.54, 1.807) is 18.2 Å². The molecule has 4 fully saturated rings. The maximum Gasteiger partial charge on any atom is 0.262 e. The third-order valence-corrected chi connectivity index (χ3v) is 11.5. The molecule has 3 aliphatic heterocycles. The van der Waals surface area contributed by atoms with Crippen LogP contribution in [0, 0.1) is 5.92 Å². The van der Waals surface area contributed by atoms with Crippen molar-refractivity contribution < 1.29 is 19.2 Å². The third kappa shape index (κ3) is 6.09. The molecule has 5 aliphatic rings. The Balaban J connectivity index is 0.800. The van der Waals surface area contributed by atoms with Crippen LogP contribution in [-0.2, 0) is 9.59 Å². The van der Waals surface area contributed by atoms with E-state index in [1.165, 1.54) is 24.1 Å². The fourth-order valence-electron chi connectivity index (χ4n) is 8.37. The summed E-state index contributed by atoms with van der Waals surface area (Å²) < 4.78 is 2.19. The summed E-state index contributed by atoms with van der Waals surface area (Å²) in [5, 5.41) is 14.2. The lowest BCUT2D eigenvalue weighted by molar-refractivity contribution is -0.136. The molecule has 2 saturated carbocycles. The Kier molecular flexibility index (Phi) is 8.13. The normalized spacial score (nSPS) is 23.8. The van der Waals surface area contributed by atoms with Gasteiger partial charge in [0.15, 0.2) is 0 Å². The molecule has 0 radical (unpaired) electrons. The van der Waals surface area contributed by atoms with Crippen molar-refractivity contribution in [3.05, 3.63) is 71.2 Å². The Labute approximate surface area is 295 Å². The number of fused-ring (bicyclic) bond motifs is 2. The molecule has 2 aliphatic carbocycles. The Hall–Kier alpha value is -4.97. The first-order valence-electron chi connectivity index (χ1n) is 18.6. The van der Waals surface area contributed by atoms with Crippen molar-refractivity contribution in [2.24, 2.45) is 5.92 Å². The molecule has 4 amide bonds. The highest BCUT2D eigenvalue weighted by molar-refractivity contribution is 6.23. The fourth-order valence-corrected chi connectivity index (χ4v) is 8.37. The van der Waals surface area contributed by atoms with E-state index >= 15 is 0 Å². The molecule has 2 aromatic heterocycles. The molecule has 2 saturated heterocycles. The zero-order valence-electron chi connectivity index (χ0n) is 28.6. The van der Waals surface area contributed by atoms with E-state index in [-0.39, 0.29) is 29.9 Å². The molecule has 51 heavy (non-hydrogen) atoms. The first kappa shape index (κ1) is 32.0. The minimum absolute atomic E-state index is 0.100. The van der Waals surface area contributed by atoms with Gasteiger partial charge >= 0.3 is 0 Å². The molecule has 4 aromatic rings. The van der Waals surface area contributed by atoms with Gasteiger partial charge in [-0.15, -0.1) is 0 Å². The monoisotopic (exact) mass is 686 g/mol. The fraction of sp³-hybridized carbons (Fsp3) is 0.462. The quantitative estimate of drug-likeness (QED) is 0.153. The standard InChI is InChI=1S/C39H42N8O4/c48-35-10-9-34(37(49)44-35)47-38(50)28-7-6-26(19-29(28)39(47)51)41-13-1-2-22-16-27(17-22)46-21-30(36(45-46)24-3-4-24)33-20-42-31-8-5-25(18-32(31)43-33)23-11-14-40-15-12-23/h5-8,18-24,27,34,40-41H,1-4,9-17H2,(H,44,48,49). The van der Waals surface area contributed by atoms with Gasteiger partial charge < -0.3 is 10.6 Å². The summed E-state index contributed by atoms with van der Waals surface area (Å²) in [6.45, 7) is 2.88. The van der Waals surface area contributed by atoms with E-state index in [9.17, 15) is 19.2 Å². The van der Waals surface area contributed by atoms with E-state index in [0.717, 1.165) is 91.0 Å². The second-order valence-corrected chi connectivity index (χ2v) is 15.0. The summed E-state index contributed by atoms with van der Waals surface area (Å²) >= 11 is 0. The summed E-state index contributed by atoms with van der Waals surface area (Å²) in [5.74, 6) is -0.257. The van der Waals surface area contributed by atoms with Gasteiger partial charge in [0, 0.05) is 36.3 Å². The molecule has 262 valence electrons. The van der Waals surface area contributed by atoms with Gasteiger partial charge in [0.25, 0.3) is 11.8 Å². The highest BCUT2D eigenvalue weighted by Crippen LogP contribution is 2.46. The predicted octanol–water partition coefficient (Wildman–Crippen LogP) is 5.08. The van der Waals surface area contributed by atoms with Crippen molar-refractivity contribution in [1.82, 2.24) is 35.3 Å². The number of imide groups is 2. The van der Waals surface area contributed by atoms with Gasteiger partial charge in [0.05, 0.1) is 45.8 Å². The van der Waals surface area contributed by atoms with Crippen molar-refractivity contribution >= 4 is 40.3 Å². The van der Waals surface area contributed by atoms with E-state index in [1.807, 2.05) is 6.20 Å². The number of carbonyl (C=O) groups is 4. The van der Waals surface area contributed by atoms with Crippen LogP contribution >= 0.6 is 0 Å². The van der Waals surface area contributed by atoms with Gasteiger partial charge in [-0.2, -0.15) is 5.10 Å². The van der Waals surface area contributed by atoms with Gasteiger partial charge in [-0.05, 0) is 119 Å². The van der Waals surface area contributed by atoms with Gasteiger partial charge in [0.1, 0.15) is 6.04 Å². The molecule has 12 nitrogen and oxygen atoms in total. The molecule has 3 N–H and O–H groups in total. The molecular formula is C39H42N8O4. The number of nitrogens with zero attached hydrogens (tertiary/aromatic N) is 5. The van der Waals surface area contributed by atoms with Crippen LogP contribution in [0.5, 0.6) is 0 Å². The zero-order valence-corrected chi connectivity index (χ0v) is 28.6. The first-order chi connectivity index (χ1) is 24.9. The summed E-state index contributed by atoms with van der Waals surface area (Å²) in [4.78, 5) is 61.0. The molecule has 0 bridgehead atoms. The van der Waals surface area contributed by atoms with Crippen LogP contribution in [0.4, 0.5) is 5.69 Å². The van der Waals surface area contributed by atoms with Crippen LogP contribution in [0.2, 0.25) is 0 Å². The molecule has 5 heterocycles. The Morgan fingerprint density at radius 2 is 1.67 bits per heavy atom. The lowest BCUT2D eigenvalue weighted by Crippen LogP contribution is -2.54. The van der Waals surface area contributed by atoms with Crippen LogP contribution in [0.1, 0.15) is 114 Å². The smallest absolute Gasteiger partial charge is 0.262 e. The first-order valence-corrected chi connectivity index (χ1v) is 18.6. The zero-order chi connectivity index (χ0) is 34.6. The number of hydrogen-bond acceptors (Lipinski definition) is 9. The number of nitrogens with one attached hydrogen (secondary N) is 3. The number of amides is 4. The maximum absolute atomic E-state index is 13.2. The van der Waals surface area contributed by atoms with Gasteiger partial charge in [0.2, 0.25) is 11.8 Å². The van der Waals surface area contributed by atoms with Crippen LogP contribution < -0.4 is 16.0 Å². The number of aromatic nitrogens is 4. The summed E-state index contributed by atoms with van der Waals surface area (Å²) in [7, 11) is 0. The highest BCUT2D eigenvalue weighted by atomic mass is 16.2. The van der Waals surface area contributed by atoms with Crippen molar-refractivity contribution in [3.8, 4) is 11.3 Å². The third-order valence-electron chi connectivity index (χ3n) is 11.5. The minimum atomic E-state index is -0.962. The number of carbonyl (C=O) groups excluding carboxylic acids is 4. The molecular weight excluding hydrogens is 644 g/mol. The lowest BCUT2D eigenvalue weighted by Gasteiger charge is -2.35. The Morgan fingerprint density at radius 3 is 2.47 bits per heavy atom. The summed E-state index contributed by atoms with van der Waals surface area (Å²) in [6.07, 6.45) is 13.3. The molecule has 0 spiro atoms. The number of rotatable bonds is 10. The Morgan fingerprint density at radius 1 is 0.843 bits per heavy atom. The summed E-state index contributed by atoms with van der Waals surface area (Å²) in [6, 6.07) is 11.2. The van der Waals surface area contributed by atoms with E-state index < -0.39 is 23.8 Å². The minimum Gasteiger partial charge on any atom is -0.385 e. The topological polar surface area (TPSA) is 151 Å². The summed E-state index contributed by atoms with van der Waals surface area (Å²) in [5.41, 5.74) is 7.82. The number of piperidine rings is 2. The second-order valence-electron chi connectivity index (χ2n) is 15.0. The van der Waals surface area contributed by atoms with Gasteiger partial charge in [-0.1, -0.05) is 6.07 Å². The van der Waals surface area contributed by atoms with Crippen molar-refractivity contribution in [1.29, 1.82) is 0 Å². The number of benzene rings is 2. The molecule has 1 unspecified atom stereocenters.